The molecular formula is C32H41N7O4S. The Morgan fingerprint density at radius 2 is 1.66 bits per heavy atom. The first kappa shape index (κ1) is 31.9. The molecule has 4 atom stereocenters. The molecule has 0 saturated carbocycles. The molecule has 1 fully saturated rings. The predicted molar refractivity (Wildman–Crippen MR) is 172 cm³/mol. The summed E-state index contributed by atoms with van der Waals surface area (Å²) in [5.41, 5.74) is 3.29. The number of benzene rings is 2. The van der Waals surface area contributed by atoms with Gasteiger partial charge in [-0.1, -0.05) is 86.3 Å². The molecule has 11 nitrogen and oxygen atoms in total. The van der Waals surface area contributed by atoms with E-state index < -0.39 is 30.4 Å². The van der Waals surface area contributed by atoms with Crippen LogP contribution in [-0.4, -0.2) is 97.3 Å². The zero-order chi connectivity index (χ0) is 31.1. The van der Waals surface area contributed by atoms with Crippen molar-refractivity contribution in [1.82, 2.24) is 29.7 Å². The molecule has 1 aliphatic heterocycles. The van der Waals surface area contributed by atoms with Crippen molar-refractivity contribution in [2.45, 2.75) is 56.4 Å². The Morgan fingerprint density at radius 3 is 2.27 bits per heavy atom. The zero-order valence-corrected chi connectivity index (χ0v) is 26.2. The Labute approximate surface area is 262 Å². The Bertz CT molecular complexity index is 1460. The van der Waals surface area contributed by atoms with E-state index in [2.05, 4.69) is 58.6 Å². The largest absolute Gasteiger partial charge is 0.387 e. The number of fused-ring (bicyclic) bond motifs is 1. The maximum Gasteiger partial charge on any atom is 0.252 e. The first-order valence-electron chi connectivity index (χ1n) is 15.2. The lowest BCUT2D eigenvalue weighted by Crippen LogP contribution is -2.42. The molecule has 0 spiro atoms. The van der Waals surface area contributed by atoms with Crippen LogP contribution in [0.1, 0.15) is 44.0 Å². The molecule has 44 heavy (non-hydrogen) atoms. The summed E-state index contributed by atoms with van der Waals surface area (Å²) in [5.74, 6) is 0.918. The number of ether oxygens (including phenoxy) is 1. The molecule has 1 aliphatic rings. The van der Waals surface area contributed by atoms with Crippen molar-refractivity contribution in [2.75, 3.05) is 43.8 Å². The number of carbonyl (C=O) groups excluding carboxylic acids is 1. The molecule has 0 bridgehead atoms. The number of rotatable bonds is 14. The second kappa shape index (κ2) is 15.0. The molecule has 3 heterocycles. The lowest BCUT2D eigenvalue weighted by molar-refractivity contribution is -0.137. The van der Waals surface area contributed by atoms with Gasteiger partial charge < -0.3 is 30.5 Å². The zero-order valence-electron chi connectivity index (χ0n) is 25.3. The summed E-state index contributed by atoms with van der Waals surface area (Å²) < 4.78 is 7.48. The fraction of sp³-hybridized carbons (Fsp3) is 0.438. The number of hydrogen-bond acceptors (Lipinski definition) is 10. The lowest BCUT2D eigenvalue weighted by Gasteiger charge is -2.20. The van der Waals surface area contributed by atoms with E-state index in [-0.39, 0.29) is 5.92 Å². The van der Waals surface area contributed by atoms with Gasteiger partial charge in [-0.3, -0.25) is 9.36 Å². The fourth-order valence-corrected chi connectivity index (χ4v) is 6.29. The van der Waals surface area contributed by atoms with Crippen LogP contribution in [0.4, 0.5) is 5.82 Å². The fourth-order valence-electron chi connectivity index (χ4n) is 5.45. The number of nitrogens with zero attached hydrogens (tertiary/aromatic N) is 5. The Kier molecular flexibility index (Phi) is 10.8. The van der Waals surface area contributed by atoms with Crippen LogP contribution in [0.3, 0.4) is 0 Å². The molecule has 2 aromatic heterocycles. The number of nitrogens with one attached hydrogen (secondary N) is 2. The van der Waals surface area contributed by atoms with E-state index in [1.807, 2.05) is 36.4 Å². The second-order valence-corrected chi connectivity index (χ2v) is 11.7. The highest BCUT2D eigenvalue weighted by atomic mass is 32.2. The maximum atomic E-state index is 12.5. The van der Waals surface area contributed by atoms with Gasteiger partial charge in [-0.05, 0) is 31.1 Å². The third-order valence-corrected chi connectivity index (χ3v) is 8.76. The molecule has 2 aromatic carbocycles. The van der Waals surface area contributed by atoms with Crippen molar-refractivity contribution >= 4 is 34.7 Å². The molecule has 4 N–H and O–H groups in total. The van der Waals surface area contributed by atoms with Crippen molar-refractivity contribution in [1.29, 1.82) is 0 Å². The van der Waals surface area contributed by atoms with Crippen LogP contribution in [0.2, 0.25) is 0 Å². The number of aliphatic hydroxyl groups is 2. The van der Waals surface area contributed by atoms with Gasteiger partial charge in [-0.25, -0.2) is 15.0 Å². The third-order valence-electron chi connectivity index (χ3n) is 7.93. The van der Waals surface area contributed by atoms with E-state index in [1.54, 1.807) is 23.3 Å². The van der Waals surface area contributed by atoms with Crippen molar-refractivity contribution in [3.8, 4) is 0 Å². The Balaban J connectivity index is 1.48. The molecule has 234 valence electrons. The molecule has 0 radical (unpaired) electrons. The van der Waals surface area contributed by atoms with Gasteiger partial charge in [0.05, 0.1) is 6.33 Å². The standard InChI is InChI=1S/C32H41N7O4S/c1-4-33-30(42)27-25(40)26(41)31(43-27)39-20-35-24-28(36-32(37-29(24)39)44-18-17-38(5-2)6-3)34-19-23(21-13-9-7-10-14-21)22-15-11-8-12-16-22/h7-16,20,23,25-27,31,40-41H,4-6,17-19H2,1-3H3,(H,33,42)(H,34,36,37)/t25-,26+,27-,31+/m0/s1. The van der Waals surface area contributed by atoms with Crippen LogP contribution in [0.5, 0.6) is 0 Å². The second-order valence-electron chi connectivity index (χ2n) is 10.6. The van der Waals surface area contributed by atoms with Crippen LogP contribution in [-0.2, 0) is 9.53 Å². The number of aromatic nitrogens is 4. The average molecular weight is 620 g/mol. The molecule has 1 amide bonds. The highest BCUT2D eigenvalue weighted by Crippen LogP contribution is 2.34. The minimum Gasteiger partial charge on any atom is -0.387 e. The number of anilines is 1. The summed E-state index contributed by atoms with van der Waals surface area (Å²) in [6.07, 6.45) is -3.51. The Hall–Kier alpha value is -3.55. The van der Waals surface area contributed by atoms with Gasteiger partial charge in [-0.2, -0.15) is 0 Å². The van der Waals surface area contributed by atoms with Crippen LogP contribution in [0.15, 0.2) is 72.1 Å². The van der Waals surface area contributed by atoms with Crippen molar-refractivity contribution in [3.63, 3.8) is 0 Å². The first-order valence-corrected chi connectivity index (χ1v) is 16.2. The van der Waals surface area contributed by atoms with E-state index in [0.717, 1.165) is 25.4 Å². The average Bonchev–Trinajstić information content (AvgIpc) is 3.60. The van der Waals surface area contributed by atoms with Gasteiger partial charge in [0.1, 0.15) is 12.2 Å². The summed E-state index contributed by atoms with van der Waals surface area (Å²) in [6, 6.07) is 20.6. The highest BCUT2D eigenvalue weighted by molar-refractivity contribution is 7.99. The van der Waals surface area contributed by atoms with Gasteiger partial charge in [0.15, 0.2) is 34.5 Å². The summed E-state index contributed by atoms with van der Waals surface area (Å²) in [5, 5.41) is 28.3. The van der Waals surface area contributed by atoms with Crippen molar-refractivity contribution in [3.05, 3.63) is 78.1 Å². The number of carbonyl (C=O) groups is 1. The number of imidazole rings is 1. The van der Waals surface area contributed by atoms with E-state index in [0.29, 0.717) is 35.2 Å². The van der Waals surface area contributed by atoms with Crippen LogP contribution in [0, 0.1) is 0 Å². The number of thioether (sulfide) groups is 1. The minimum absolute atomic E-state index is 0.0521. The van der Waals surface area contributed by atoms with Crippen molar-refractivity contribution < 1.29 is 19.7 Å². The highest BCUT2D eigenvalue weighted by Gasteiger charge is 2.47. The predicted octanol–water partition coefficient (Wildman–Crippen LogP) is 3.26. The number of hydrogen-bond donors (Lipinski definition) is 4. The quantitative estimate of drug-likeness (QED) is 0.123. The molecular weight excluding hydrogens is 578 g/mol. The van der Waals surface area contributed by atoms with Crippen molar-refractivity contribution in [2.24, 2.45) is 0 Å². The van der Waals surface area contributed by atoms with Crippen LogP contribution < -0.4 is 10.6 Å². The molecule has 5 rings (SSSR count). The molecule has 4 aromatic rings. The number of aliphatic hydroxyl groups excluding tert-OH is 2. The normalized spacial score (nSPS) is 20.1. The summed E-state index contributed by atoms with van der Waals surface area (Å²) >= 11 is 1.54. The monoisotopic (exact) mass is 619 g/mol. The topological polar surface area (TPSA) is 138 Å². The number of likely N-dealkylation sites (N-methyl/N-ethyl adjacent to an activating group) is 1. The summed E-state index contributed by atoms with van der Waals surface area (Å²) in [4.78, 5) is 29.2. The van der Waals surface area contributed by atoms with E-state index in [4.69, 9.17) is 14.7 Å². The SMILES string of the molecule is CCNC(=O)[C@H]1O[C@@H](n2cnc3c(NCC(c4ccccc4)c4ccccc4)nc(SCCN(CC)CC)nc32)[C@H](O)[C@@H]1O. The van der Waals surface area contributed by atoms with Gasteiger partial charge in [0.25, 0.3) is 5.91 Å². The van der Waals surface area contributed by atoms with Gasteiger partial charge in [-0.15, -0.1) is 0 Å². The van der Waals surface area contributed by atoms with E-state index in [1.165, 1.54) is 17.5 Å². The summed E-state index contributed by atoms with van der Waals surface area (Å²) in [7, 11) is 0. The molecule has 0 aliphatic carbocycles. The van der Waals surface area contributed by atoms with Gasteiger partial charge in [0.2, 0.25) is 0 Å². The lowest BCUT2D eigenvalue weighted by atomic mass is 9.91. The molecule has 0 unspecified atom stereocenters. The number of amides is 1. The smallest absolute Gasteiger partial charge is 0.252 e. The summed E-state index contributed by atoms with van der Waals surface area (Å²) in [6.45, 7) is 9.80. The molecule has 1 saturated heterocycles. The molecule has 12 heteroatoms. The maximum absolute atomic E-state index is 12.5. The Morgan fingerprint density at radius 1 is 1.00 bits per heavy atom. The minimum atomic E-state index is -1.40. The van der Waals surface area contributed by atoms with E-state index in [9.17, 15) is 15.0 Å². The third kappa shape index (κ3) is 7.05. The van der Waals surface area contributed by atoms with Crippen LogP contribution >= 0.6 is 11.8 Å². The van der Waals surface area contributed by atoms with E-state index >= 15 is 0 Å². The van der Waals surface area contributed by atoms with Gasteiger partial charge >= 0.3 is 0 Å². The van der Waals surface area contributed by atoms with Gasteiger partial charge in [0, 0.05) is 31.3 Å². The first-order chi connectivity index (χ1) is 21.4. The van der Waals surface area contributed by atoms with Crippen LogP contribution in [0.25, 0.3) is 11.2 Å².